The Morgan fingerprint density at radius 1 is 1.16 bits per heavy atom. The Bertz CT molecular complexity index is 1200. The maximum absolute atomic E-state index is 15.0. The maximum atomic E-state index is 15.0. The smallest absolute Gasteiger partial charge is 0.234 e. The van der Waals surface area contributed by atoms with Crippen LogP contribution in [0.4, 0.5) is 10.1 Å². The number of hydrogen-bond donors (Lipinski definition) is 3. The van der Waals surface area contributed by atoms with E-state index in [1.807, 2.05) is 0 Å². The minimum atomic E-state index is -3.63. The first-order valence-electron chi connectivity index (χ1n) is 9.95. The average Bonchev–Trinajstić information content (AvgIpc) is 3.07. The third-order valence-corrected chi connectivity index (χ3v) is 6.52. The molecule has 32 heavy (non-hydrogen) atoms. The van der Waals surface area contributed by atoms with E-state index >= 15 is 4.39 Å². The highest BCUT2D eigenvalue weighted by Gasteiger charge is 2.24. The number of methoxy groups -OCH3 is 1. The Morgan fingerprint density at radius 3 is 2.34 bits per heavy atom. The minimum Gasteiger partial charge on any atom is -0.497 e. The van der Waals surface area contributed by atoms with Crippen molar-refractivity contribution >= 4 is 21.5 Å². The van der Waals surface area contributed by atoms with Crippen LogP contribution in [0.3, 0.4) is 0 Å². The highest BCUT2D eigenvalue weighted by atomic mass is 32.2. The second-order valence-electron chi connectivity index (χ2n) is 7.40. The Balaban J connectivity index is 1.84. The van der Waals surface area contributed by atoms with Gasteiger partial charge in [0.05, 0.1) is 30.9 Å². The van der Waals surface area contributed by atoms with Gasteiger partial charge in [0.25, 0.3) is 0 Å². The Kier molecular flexibility index (Phi) is 7.00. The van der Waals surface area contributed by atoms with Crippen molar-refractivity contribution in [3.05, 3.63) is 82.4 Å². The predicted molar refractivity (Wildman–Crippen MR) is 120 cm³/mol. The molecule has 170 valence electrons. The van der Waals surface area contributed by atoms with E-state index in [0.717, 1.165) is 5.56 Å². The van der Waals surface area contributed by atoms with E-state index in [2.05, 4.69) is 9.71 Å². The number of H-pyrrole nitrogens is 1. The van der Waals surface area contributed by atoms with E-state index in [4.69, 9.17) is 9.84 Å². The number of rotatable bonds is 9. The number of ether oxygens (including phenoxy) is 1. The molecule has 7 nitrogen and oxygen atoms in total. The summed E-state index contributed by atoms with van der Waals surface area (Å²) in [5.74, 6) is -0.997. The number of carbonyl (C=O) groups is 1. The summed E-state index contributed by atoms with van der Waals surface area (Å²) in [6.07, 6.45) is 0. The van der Waals surface area contributed by atoms with E-state index < -0.39 is 34.1 Å². The third kappa shape index (κ3) is 5.00. The van der Waals surface area contributed by atoms with Gasteiger partial charge in [0.1, 0.15) is 11.6 Å². The van der Waals surface area contributed by atoms with E-state index in [1.54, 1.807) is 62.4 Å². The van der Waals surface area contributed by atoms with E-state index in [9.17, 15) is 13.2 Å². The summed E-state index contributed by atoms with van der Waals surface area (Å²) < 4.78 is 46.0. The number of nitrogens with one attached hydrogen (secondary N) is 2. The first-order chi connectivity index (χ1) is 15.2. The number of hydrogen-bond acceptors (Lipinski definition) is 5. The molecule has 9 heteroatoms. The molecule has 0 saturated heterocycles. The second-order valence-corrected chi connectivity index (χ2v) is 9.24. The van der Waals surface area contributed by atoms with E-state index in [-0.39, 0.29) is 22.7 Å². The lowest BCUT2D eigenvalue weighted by molar-refractivity contribution is 0.103. The highest BCUT2D eigenvalue weighted by molar-refractivity contribution is 7.92. The highest BCUT2D eigenvalue weighted by Crippen LogP contribution is 2.30. The average molecular weight is 461 g/mol. The molecule has 1 aromatic heterocycles. The van der Waals surface area contributed by atoms with Gasteiger partial charge in [-0.2, -0.15) is 0 Å². The van der Waals surface area contributed by atoms with Crippen molar-refractivity contribution in [2.45, 2.75) is 19.8 Å². The number of carbonyl (C=O) groups excluding carboxylic acids is 1. The van der Waals surface area contributed by atoms with Gasteiger partial charge in [0.2, 0.25) is 15.8 Å². The van der Waals surface area contributed by atoms with Gasteiger partial charge in [-0.25, -0.2) is 12.8 Å². The molecule has 2 aromatic carbocycles. The molecule has 3 N–H and O–H groups in total. The largest absolute Gasteiger partial charge is 0.497 e. The van der Waals surface area contributed by atoms with Crippen LogP contribution in [0.2, 0.25) is 0 Å². The first-order valence-corrected chi connectivity index (χ1v) is 11.6. The van der Waals surface area contributed by atoms with Gasteiger partial charge in [-0.15, -0.1) is 0 Å². The van der Waals surface area contributed by atoms with Crippen molar-refractivity contribution in [1.82, 2.24) is 4.98 Å². The molecule has 3 aromatic rings. The zero-order valence-electron chi connectivity index (χ0n) is 18.0. The quantitative estimate of drug-likeness (QED) is 0.423. The van der Waals surface area contributed by atoms with Gasteiger partial charge in [-0.1, -0.05) is 19.1 Å². The van der Waals surface area contributed by atoms with Crippen molar-refractivity contribution in [2.24, 2.45) is 0 Å². The number of halogens is 1. The van der Waals surface area contributed by atoms with E-state index in [0.29, 0.717) is 17.0 Å². The maximum Gasteiger partial charge on any atom is 0.234 e. The zero-order chi connectivity index (χ0) is 23.5. The van der Waals surface area contributed by atoms with Crippen LogP contribution in [0.25, 0.3) is 0 Å². The Morgan fingerprint density at radius 2 is 1.78 bits per heavy atom. The first kappa shape index (κ1) is 23.5. The number of anilines is 1. The molecule has 1 atom stereocenters. The van der Waals surface area contributed by atoms with Crippen LogP contribution in [0.1, 0.15) is 45.7 Å². The summed E-state index contributed by atoms with van der Waals surface area (Å²) in [6, 6.07) is 13.1. The lowest BCUT2D eigenvalue weighted by Crippen LogP contribution is -2.18. The van der Waals surface area contributed by atoms with Crippen LogP contribution < -0.4 is 9.46 Å². The number of aromatic amines is 1. The fourth-order valence-electron chi connectivity index (χ4n) is 3.36. The molecule has 0 bridgehead atoms. The summed E-state index contributed by atoms with van der Waals surface area (Å²) in [5, 5.41) is 8.82. The molecule has 1 heterocycles. The molecule has 0 aliphatic heterocycles. The molecule has 0 radical (unpaired) electrons. The fourth-order valence-corrected chi connectivity index (χ4v) is 4.20. The predicted octanol–water partition coefficient (Wildman–Crippen LogP) is 3.59. The number of sulfonamides is 1. The van der Waals surface area contributed by atoms with Gasteiger partial charge in [0, 0.05) is 22.7 Å². The van der Waals surface area contributed by atoms with Gasteiger partial charge in [-0.05, 0) is 48.9 Å². The van der Waals surface area contributed by atoms with Crippen molar-refractivity contribution < 1.29 is 27.4 Å². The molecule has 0 spiro atoms. The number of aliphatic hydroxyl groups excluding tert-OH is 1. The molecule has 0 amide bonds. The summed E-state index contributed by atoms with van der Waals surface area (Å²) in [6.45, 7) is 2.87. The lowest BCUT2D eigenvalue weighted by atomic mass is 9.97. The molecule has 0 aliphatic carbocycles. The standard InChI is InChI=1S/C23H25FN2O5S/c1-14(16-4-8-18(9-5-16)26-32(29,30)13-12-27)21-20(24)15(2)22(25-21)23(28)17-6-10-19(31-3)11-7-17/h4-11,14,25-27H,12-13H2,1-3H3. The number of ketones is 1. The zero-order valence-corrected chi connectivity index (χ0v) is 18.8. The number of benzene rings is 2. The van der Waals surface area contributed by atoms with Crippen molar-refractivity contribution in [3.63, 3.8) is 0 Å². The molecule has 3 rings (SSSR count). The molecule has 1 unspecified atom stereocenters. The molecule has 0 saturated carbocycles. The van der Waals surface area contributed by atoms with Crippen LogP contribution in [0, 0.1) is 12.7 Å². The van der Waals surface area contributed by atoms with E-state index in [1.165, 1.54) is 7.11 Å². The monoisotopic (exact) mass is 460 g/mol. The molecule has 0 aliphatic rings. The molecule has 0 fully saturated rings. The Hall–Kier alpha value is -3.17. The van der Waals surface area contributed by atoms with Crippen LogP contribution >= 0.6 is 0 Å². The van der Waals surface area contributed by atoms with Crippen LogP contribution in [0.5, 0.6) is 5.75 Å². The lowest BCUT2D eigenvalue weighted by Gasteiger charge is -2.13. The van der Waals surface area contributed by atoms with Gasteiger partial charge in [-0.3, -0.25) is 9.52 Å². The second kappa shape index (κ2) is 9.54. The van der Waals surface area contributed by atoms with Crippen LogP contribution in [-0.2, 0) is 10.0 Å². The van der Waals surface area contributed by atoms with Crippen LogP contribution in [-0.4, -0.2) is 43.8 Å². The fraction of sp³-hybridized carbons (Fsp3) is 0.261. The summed E-state index contributed by atoms with van der Waals surface area (Å²) in [7, 11) is -2.10. The summed E-state index contributed by atoms with van der Waals surface area (Å²) >= 11 is 0. The Labute approximate surface area is 186 Å². The number of aliphatic hydroxyl groups is 1. The summed E-state index contributed by atoms with van der Waals surface area (Å²) in [5.41, 5.74) is 2.18. The van der Waals surface area contributed by atoms with Crippen molar-refractivity contribution in [3.8, 4) is 5.75 Å². The van der Waals surface area contributed by atoms with Crippen molar-refractivity contribution in [1.29, 1.82) is 0 Å². The van der Waals surface area contributed by atoms with Gasteiger partial charge >= 0.3 is 0 Å². The van der Waals surface area contributed by atoms with Crippen LogP contribution in [0.15, 0.2) is 48.5 Å². The third-order valence-electron chi connectivity index (χ3n) is 5.26. The minimum absolute atomic E-state index is 0.183. The number of aromatic nitrogens is 1. The molecular formula is C23H25FN2O5S. The van der Waals surface area contributed by atoms with Gasteiger partial charge in [0.15, 0.2) is 0 Å². The summed E-state index contributed by atoms with van der Waals surface area (Å²) in [4.78, 5) is 15.8. The topological polar surface area (TPSA) is 108 Å². The molecular weight excluding hydrogens is 435 g/mol. The van der Waals surface area contributed by atoms with Gasteiger partial charge < -0.3 is 14.8 Å². The van der Waals surface area contributed by atoms with Crippen molar-refractivity contribution in [2.75, 3.05) is 24.2 Å². The normalized spacial score (nSPS) is 12.4. The SMILES string of the molecule is COc1ccc(C(=O)c2[nH]c(C(C)c3ccc(NS(=O)(=O)CCO)cc3)c(F)c2C)cc1.